The topological polar surface area (TPSA) is 149 Å². The molecule has 3 aromatic carbocycles. The van der Waals surface area contributed by atoms with E-state index in [0.717, 1.165) is 32.6 Å². The van der Waals surface area contributed by atoms with Gasteiger partial charge in [-0.3, -0.25) is 9.59 Å². The Bertz CT molecular complexity index is 1550. The zero-order valence-corrected chi connectivity index (χ0v) is 20.3. The molecular weight excluding hydrogens is 476 g/mol. The van der Waals surface area contributed by atoms with E-state index in [1.54, 1.807) is 36.4 Å². The van der Waals surface area contributed by atoms with Crippen LogP contribution < -0.4 is 27.2 Å². The SMILES string of the molecule is Cc1cc(C(=O)N[C@H](C)C(N)=O)ccc1-c1cccc(COc2ccc(Cn3oc(=O)[nH]c3=O)cc2)c1. The Morgan fingerprint density at radius 3 is 2.46 bits per heavy atom. The molecule has 1 heterocycles. The fraction of sp³-hybridized carbons (Fsp3) is 0.185. The van der Waals surface area contributed by atoms with Crippen molar-refractivity contribution in [3.05, 3.63) is 110 Å². The first-order chi connectivity index (χ1) is 17.7. The van der Waals surface area contributed by atoms with Crippen molar-refractivity contribution in [2.45, 2.75) is 33.0 Å². The van der Waals surface area contributed by atoms with Gasteiger partial charge in [0.05, 0.1) is 6.54 Å². The number of nitrogens with two attached hydrogens (primary N) is 1. The monoisotopic (exact) mass is 502 g/mol. The number of primary amides is 1. The predicted octanol–water partition coefficient (Wildman–Crippen LogP) is 2.34. The smallest absolute Gasteiger partial charge is 0.440 e. The number of amides is 2. The van der Waals surface area contributed by atoms with Crippen molar-refractivity contribution >= 4 is 11.8 Å². The molecule has 0 saturated carbocycles. The number of hydrogen-bond donors (Lipinski definition) is 3. The lowest BCUT2D eigenvalue weighted by Crippen LogP contribution is -2.42. The van der Waals surface area contributed by atoms with Gasteiger partial charge in [-0.2, -0.15) is 0 Å². The summed E-state index contributed by atoms with van der Waals surface area (Å²) in [6, 6.07) is 19.6. The Kier molecular flexibility index (Phi) is 7.38. The van der Waals surface area contributed by atoms with E-state index in [1.165, 1.54) is 6.92 Å². The minimum Gasteiger partial charge on any atom is -0.489 e. The molecule has 0 spiro atoms. The summed E-state index contributed by atoms with van der Waals surface area (Å²) >= 11 is 0. The number of aromatic nitrogens is 2. The second-order valence-electron chi connectivity index (χ2n) is 8.61. The summed E-state index contributed by atoms with van der Waals surface area (Å²) in [7, 11) is 0. The van der Waals surface area contributed by atoms with Crippen LogP contribution in [0, 0.1) is 6.92 Å². The summed E-state index contributed by atoms with van der Waals surface area (Å²) in [5, 5.41) is 2.58. The van der Waals surface area contributed by atoms with E-state index in [4.69, 9.17) is 15.0 Å². The molecular formula is C27H26N4O6. The van der Waals surface area contributed by atoms with Crippen molar-refractivity contribution in [3.8, 4) is 16.9 Å². The number of nitrogens with one attached hydrogen (secondary N) is 2. The summed E-state index contributed by atoms with van der Waals surface area (Å²) in [6.45, 7) is 3.92. The zero-order valence-electron chi connectivity index (χ0n) is 20.3. The molecule has 1 aromatic heterocycles. The maximum absolute atomic E-state index is 12.4. The number of carbonyl (C=O) groups excluding carboxylic acids is 2. The Balaban J connectivity index is 1.41. The summed E-state index contributed by atoms with van der Waals surface area (Å²) in [5.74, 6) is -1.11. The lowest BCUT2D eigenvalue weighted by atomic mass is 9.97. The van der Waals surface area contributed by atoms with Gasteiger partial charge in [-0.25, -0.2) is 14.6 Å². The number of benzene rings is 3. The zero-order chi connectivity index (χ0) is 26.5. The highest BCUT2D eigenvalue weighted by atomic mass is 16.5. The number of hydrogen-bond acceptors (Lipinski definition) is 6. The highest BCUT2D eigenvalue weighted by molar-refractivity contribution is 5.97. The molecule has 0 aliphatic rings. The van der Waals surface area contributed by atoms with Crippen LogP contribution in [0.3, 0.4) is 0 Å². The maximum Gasteiger partial charge on any atom is 0.440 e. The van der Waals surface area contributed by atoms with Gasteiger partial charge >= 0.3 is 11.4 Å². The number of rotatable bonds is 9. The minimum absolute atomic E-state index is 0.129. The van der Waals surface area contributed by atoms with Crippen molar-refractivity contribution in [2.24, 2.45) is 5.73 Å². The van der Waals surface area contributed by atoms with Gasteiger partial charge in [0.1, 0.15) is 18.4 Å². The van der Waals surface area contributed by atoms with Crippen LogP contribution in [0.1, 0.15) is 34.0 Å². The lowest BCUT2D eigenvalue weighted by Gasteiger charge is -2.13. The van der Waals surface area contributed by atoms with Gasteiger partial charge in [-0.05, 0) is 72.0 Å². The number of carbonyl (C=O) groups is 2. The number of H-pyrrole nitrogens is 1. The molecule has 0 aliphatic carbocycles. The normalized spacial score (nSPS) is 11.6. The third kappa shape index (κ3) is 6.23. The lowest BCUT2D eigenvalue weighted by molar-refractivity contribution is -0.119. The highest BCUT2D eigenvalue weighted by Crippen LogP contribution is 2.26. The quantitative estimate of drug-likeness (QED) is 0.320. The summed E-state index contributed by atoms with van der Waals surface area (Å²) < 4.78 is 11.6. The molecule has 0 aliphatic heterocycles. The Morgan fingerprint density at radius 1 is 1.05 bits per heavy atom. The van der Waals surface area contributed by atoms with E-state index in [0.29, 0.717) is 17.9 Å². The fourth-order valence-electron chi connectivity index (χ4n) is 3.75. The molecule has 4 N–H and O–H groups in total. The molecule has 0 radical (unpaired) electrons. The molecule has 1 atom stereocenters. The Morgan fingerprint density at radius 2 is 1.81 bits per heavy atom. The number of aromatic amines is 1. The molecule has 190 valence electrons. The summed E-state index contributed by atoms with van der Waals surface area (Å²) in [6.07, 6.45) is 0. The molecule has 0 bridgehead atoms. The summed E-state index contributed by atoms with van der Waals surface area (Å²) in [4.78, 5) is 48.3. The van der Waals surface area contributed by atoms with Crippen LogP contribution in [0.2, 0.25) is 0 Å². The van der Waals surface area contributed by atoms with Crippen LogP contribution in [-0.2, 0) is 17.9 Å². The van der Waals surface area contributed by atoms with Crippen molar-refractivity contribution in [1.82, 2.24) is 15.0 Å². The van der Waals surface area contributed by atoms with Crippen LogP contribution in [0.25, 0.3) is 11.1 Å². The fourth-order valence-corrected chi connectivity index (χ4v) is 3.75. The molecule has 0 saturated heterocycles. The van der Waals surface area contributed by atoms with Crippen LogP contribution in [0.5, 0.6) is 5.75 Å². The van der Waals surface area contributed by atoms with E-state index < -0.39 is 23.4 Å². The average molecular weight is 503 g/mol. The van der Waals surface area contributed by atoms with Crippen LogP contribution in [-0.4, -0.2) is 27.6 Å². The summed E-state index contributed by atoms with van der Waals surface area (Å²) in [5.41, 5.74) is 9.65. The third-order valence-corrected chi connectivity index (χ3v) is 5.78. The number of aryl methyl sites for hydroxylation is 1. The molecule has 4 rings (SSSR count). The molecule has 10 heteroatoms. The second-order valence-corrected chi connectivity index (χ2v) is 8.61. The third-order valence-electron chi connectivity index (χ3n) is 5.78. The van der Waals surface area contributed by atoms with Crippen LogP contribution >= 0.6 is 0 Å². The first-order valence-electron chi connectivity index (χ1n) is 11.5. The van der Waals surface area contributed by atoms with Gasteiger partial charge in [0.2, 0.25) is 5.91 Å². The van der Waals surface area contributed by atoms with Crippen molar-refractivity contribution in [3.63, 3.8) is 0 Å². The Hall–Kier alpha value is -4.86. The van der Waals surface area contributed by atoms with Crippen molar-refractivity contribution in [1.29, 1.82) is 0 Å². The standard InChI is InChI=1S/C27H26N4O6/c1-16-12-21(25(33)29-17(2)24(28)32)8-11-23(16)20-5-3-4-19(13-20)15-36-22-9-6-18(7-10-22)14-31-26(34)30-27(35)37-31/h3-13,17H,14-15H2,1-2H3,(H2,28,32)(H,29,33)(H,30,34,35)/t17-/m1/s1. The second kappa shape index (κ2) is 10.8. The van der Waals surface area contributed by atoms with Gasteiger partial charge in [-0.1, -0.05) is 36.4 Å². The molecule has 37 heavy (non-hydrogen) atoms. The molecule has 2 amide bonds. The van der Waals surface area contributed by atoms with E-state index in [9.17, 15) is 19.2 Å². The molecule has 4 aromatic rings. The van der Waals surface area contributed by atoms with Gasteiger partial charge in [0.25, 0.3) is 5.91 Å². The van der Waals surface area contributed by atoms with Crippen molar-refractivity contribution in [2.75, 3.05) is 0 Å². The minimum atomic E-state index is -0.793. The van der Waals surface area contributed by atoms with Gasteiger partial charge < -0.3 is 20.3 Å². The van der Waals surface area contributed by atoms with Gasteiger partial charge in [0.15, 0.2) is 0 Å². The predicted molar refractivity (Wildman–Crippen MR) is 136 cm³/mol. The highest BCUT2D eigenvalue weighted by Gasteiger charge is 2.15. The largest absolute Gasteiger partial charge is 0.489 e. The van der Waals surface area contributed by atoms with Gasteiger partial charge in [0, 0.05) is 5.56 Å². The molecule has 0 unspecified atom stereocenters. The maximum atomic E-state index is 12.4. The Labute approximate surface area is 211 Å². The number of nitrogens with zero attached hydrogens (tertiary/aromatic N) is 1. The van der Waals surface area contributed by atoms with Gasteiger partial charge in [-0.15, -0.1) is 4.74 Å². The van der Waals surface area contributed by atoms with Crippen molar-refractivity contribution < 1.29 is 18.8 Å². The van der Waals surface area contributed by atoms with Crippen LogP contribution in [0.4, 0.5) is 0 Å². The molecule has 10 nitrogen and oxygen atoms in total. The van der Waals surface area contributed by atoms with E-state index in [-0.39, 0.29) is 12.5 Å². The molecule has 0 fully saturated rings. The first kappa shape index (κ1) is 25.2. The van der Waals surface area contributed by atoms with E-state index in [1.807, 2.05) is 42.2 Å². The number of ether oxygens (including phenoxy) is 1. The van der Waals surface area contributed by atoms with Crippen LogP contribution in [0.15, 0.2) is 80.8 Å². The average Bonchev–Trinajstić information content (AvgIpc) is 3.19. The first-order valence-corrected chi connectivity index (χ1v) is 11.5. The van der Waals surface area contributed by atoms with E-state index >= 15 is 0 Å². The van der Waals surface area contributed by atoms with E-state index in [2.05, 4.69) is 5.32 Å².